The third-order valence-electron chi connectivity index (χ3n) is 3.68. The molecule has 0 radical (unpaired) electrons. The number of rotatable bonds is 8. The van der Waals surface area contributed by atoms with Crippen LogP contribution >= 0.6 is 0 Å². The average molecular weight is 385 g/mol. The second-order valence-electron chi connectivity index (χ2n) is 5.80. The van der Waals surface area contributed by atoms with Gasteiger partial charge in [0.1, 0.15) is 5.75 Å². The predicted octanol–water partition coefficient (Wildman–Crippen LogP) is 2.35. The molecule has 28 heavy (non-hydrogen) atoms. The van der Waals surface area contributed by atoms with Crippen LogP contribution in [0.3, 0.4) is 0 Å². The summed E-state index contributed by atoms with van der Waals surface area (Å²) in [5.74, 6) is -0.156. The molecule has 148 valence electrons. The van der Waals surface area contributed by atoms with Crippen molar-refractivity contribution in [2.75, 3.05) is 25.4 Å². The molecule has 2 aromatic carbocycles. The van der Waals surface area contributed by atoms with Crippen LogP contribution in [-0.2, 0) is 4.74 Å². The zero-order chi connectivity index (χ0) is 20.4. The molecule has 0 saturated heterocycles. The number of amides is 2. The van der Waals surface area contributed by atoms with Crippen molar-refractivity contribution in [2.24, 2.45) is 0 Å². The summed E-state index contributed by atoms with van der Waals surface area (Å²) in [5, 5.41) is 5.54. The number of benzene rings is 2. The van der Waals surface area contributed by atoms with E-state index in [1.807, 2.05) is 0 Å². The van der Waals surface area contributed by atoms with Gasteiger partial charge in [-0.2, -0.15) is 0 Å². The van der Waals surface area contributed by atoms with E-state index in [1.165, 1.54) is 12.1 Å². The fourth-order valence-electron chi connectivity index (χ4n) is 2.25. The van der Waals surface area contributed by atoms with Gasteiger partial charge in [0.25, 0.3) is 11.8 Å². The molecule has 8 nitrogen and oxygen atoms in total. The summed E-state index contributed by atoms with van der Waals surface area (Å²) >= 11 is 0. The lowest BCUT2D eigenvalue weighted by Gasteiger charge is -2.08. The maximum absolute atomic E-state index is 12.1. The van der Waals surface area contributed by atoms with Gasteiger partial charge >= 0.3 is 6.16 Å². The highest BCUT2D eigenvalue weighted by atomic mass is 16.7. The Morgan fingerprint density at radius 1 is 0.857 bits per heavy atom. The van der Waals surface area contributed by atoms with Crippen molar-refractivity contribution in [3.63, 3.8) is 0 Å². The van der Waals surface area contributed by atoms with E-state index in [0.717, 1.165) is 0 Å². The summed E-state index contributed by atoms with van der Waals surface area (Å²) < 4.78 is 9.60. The van der Waals surface area contributed by atoms with Crippen LogP contribution in [0.4, 0.5) is 10.5 Å². The van der Waals surface area contributed by atoms with Gasteiger partial charge in [0, 0.05) is 29.9 Å². The van der Waals surface area contributed by atoms with Gasteiger partial charge < -0.3 is 25.8 Å². The summed E-state index contributed by atoms with van der Waals surface area (Å²) in [7, 11) is 0. The molecule has 2 aromatic rings. The first-order valence-corrected chi connectivity index (χ1v) is 8.86. The largest absolute Gasteiger partial charge is 0.513 e. The first-order valence-electron chi connectivity index (χ1n) is 8.86. The predicted molar refractivity (Wildman–Crippen MR) is 104 cm³/mol. The van der Waals surface area contributed by atoms with E-state index in [2.05, 4.69) is 15.4 Å². The molecule has 8 heteroatoms. The number of ether oxygens (including phenoxy) is 2. The molecule has 0 aliphatic carbocycles. The Morgan fingerprint density at radius 3 is 1.86 bits per heavy atom. The lowest BCUT2D eigenvalue weighted by molar-refractivity contribution is 0.0951. The number of nitrogen functional groups attached to an aromatic ring is 1. The fourth-order valence-corrected chi connectivity index (χ4v) is 2.25. The standard InChI is InChI=1S/C20H23N3O5/c1-2-27-20(26)28-17-10-6-15(7-11-17)19(25)23-13-3-12-22-18(24)14-4-8-16(21)9-5-14/h4-11H,2-3,12-13,21H2,1H3,(H,22,24)(H,23,25). The Hall–Kier alpha value is -3.55. The molecule has 2 rings (SSSR count). The molecule has 0 saturated carbocycles. The van der Waals surface area contributed by atoms with Crippen molar-refractivity contribution in [2.45, 2.75) is 13.3 Å². The number of nitrogens with one attached hydrogen (secondary N) is 2. The molecule has 0 unspecified atom stereocenters. The van der Waals surface area contributed by atoms with E-state index in [0.29, 0.717) is 42.1 Å². The minimum atomic E-state index is -0.791. The molecule has 0 aromatic heterocycles. The Bertz CT molecular complexity index is 804. The lowest BCUT2D eigenvalue weighted by Crippen LogP contribution is -2.29. The van der Waals surface area contributed by atoms with E-state index in [9.17, 15) is 14.4 Å². The van der Waals surface area contributed by atoms with Crippen molar-refractivity contribution in [3.05, 3.63) is 59.7 Å². The van der Waals surface area contributed by atoms with E-state index in [1.54, 1.807) is 43.3 Å². The molecule has 0 atom stereocenters. The van der Waals surface area contributed by atoms with Crippen LogP contribution in [0.5, 0.6) is 5.75 Å². The minimum absolute atomic E-state index is 0.191. The van der Waals surface area contributed by atoms with Gasteiger partial charge in [-0.3, -0.25) is 9.59 Å². The van der Waals surface area contributed by atoms with Gasteiger partial charge in [0.15, 0.2) is 0 Å². The van der Waals surface area contributed by atoms with Crippen molar-refractivity contribution >= 4 is 23.7 Å². The van der Waals surface area contributed by atoms with Gasteiger partial charge in [-0.25, -0.2) is 4.79 Å². The number of nitrogens with two attached hydrogens (primary N) is 1. The third-order valence-corrected chi connectivity index (χ3v) is 3.68. The molecular weight excluding hydrogens is 362 g/mol. The zero-order valence-electron chi connectivity index (χ0n) is 15.6. The molecule has 0 aliphatic heterocycles. The number of carbonyl (C=O) groups excluding carboxylic acids is 3. The van der Waals surface area contributed by atoms with Gasteiger partial charge in [0.2, 0.25) is 0 Å². The van der Waals surface area contributed by atoms with E-state index in [-0.39, 0.29) is 18.4 Å². The summed E-state index contributed by atoms with van der Waals surface area (Å²) in [6.45, 7) is 2.73. The summed E-state index contributed by atoms with van der Waals surface area (Å²) in [4.78, 5) is 35.3. The molecule has 0 spiro atoms. The van der Waals surface area contributed by atoms with Crippen molar-refractivity contribution in [1.29, 1.82) is 0 Å². The number of carbonyl (C=O) groups is 3. The molecule has 0 bridgehead atoms. The highest BCUT2D eigenvalue weighted by Gasteiger charge is 2.08. The van der Waals surface area contributed by atoms with Crippen LogP contribution in [0.2, 0.25) is 0 Å². The SMILES string of the molecule is CCOC(=O)Oc1ccc(C(=O)NCCCNC(=O)c2ccc(N)cc2)cc1. The zero-order valence-corrected chi connectivity index (χ0v) is 15.6. The van der Waals surface area contributed by atoms with Crippen LogP contribution in [0.1, 0.15) is 34.1 Å². The Kier molecular flexibility index (Phi) is 7.83. The summed E-state index contributed by atoms with van der Waals surface area (Å²) in [6.07, 6.45) is -0.211. The summed E-state index contributed by atoms with van der Waals surface area (Å²) in [6, 6.07) is 12.8. The highest BCUT2D eigenvalue weighted by Crippen LogP contribution is 2.13. The highest BCUT2D eigenvalue weighted by molar-refractivity contribution is 5.95. The van der Waals surface area contributed by atoms with Gasteiger partial charge in [-0.1, -0.05) is 0 Å². The smallest absolute Gasteiger partial charge is 0.434 e. The number of hydrogen-bond acceptors (Lipinski definition) is 6. The van der Waals surface area contributed by atoms with E-state index >= 15 is 0 Å². The first-order chi connectivity index (χ1) is 13.5. The minimum Gasteiger partial charge on any atom is -0.434 e. The second-order valence-corrected chi connectivity index (χ2v) is 5.80. The van der Waals surface area contributed by atoms with Crippen LogP contribution in [0, 0.1) is 0 Å². The van der Waals surface area contributed by atoms with Crippen LogP contribution < -0.4 is 21.1 Å². The van der Waals surface area contributed by atoms with Gasteiger partial charge in [-0.15, -0.1) is 0 Å². The van der Waals surface area contributed by atoms with Crippen molar-refractivity contribution in [1.82, 2.24) is 10.6 Å². The summed E-state index contributed by atoms with van der Waals surface area (Å²) in [5.41, 5.74) is 7.15. The molecular formula is C20H23N3O5. The van der Waals surface area contributed by atoms with E-state index in [4.69, 9.17) is 10.5 Å². The molecule has 2 amide bonds. The van der Waals surface area contributed by atoms with Crippen LogP contribution in [0.15, 0.2) is 48.5 Å². The van der Waals surface area contributed by atoms with Crippen LogP contribution in [0.25, 0.3) is 0 Å². The number of hydrogen-bond donors (Lipinski definition) is 3. The number of anilines is 1. The van der Waals surface area contributed by atoms with Gasteiger partial charge in [0.05, 0.1) is 6.61 Å². The lowest BCUT2D eigenvalue weighted by atomic mass is 10.2. The van der Waals surface area contributed by atoms with Crippen molar-refractivity contribution in [3.8, 4) is 5.75 Å². The first kappa shape index (κ1) is 20.8. The average Bonchev–Trinajstić information content (AvgIpc) is 2.68. The Balaban J connectivity index is 1.68. The third kappa shape index (κ3) is 6.64. The van der Waals surface area contributed by atoms with Crippen LogP contribution in [-0.4, -0.2) is 37.7 Å². The second kappa shape index (κ2) is 10.6. The molecule has 0 aliphatic rings. The molecule has 4 N–H and O–H groups in total. The Labute approximate surface area is 163 Å². The topological polar surface area (TPSA) is 120 Å². The quantitative estimate of drug-likeness (QED) is 0.278. The molecule has 0 fully saturated rings. The Morgan fingerprint density at radius 2 is 1.36 bits per heavy atom. The monoisotopic (exact) mass is 385 g/mol. The maximum atomic E-state index is 12.1. The fraction of sp³-hybridized carbons (Fsp3) is 0.250. The molecule has 0 heterocycles. The van der Waals surface area contributed by atoms with Gasteiger partial charge in [-0.05, 0) is 61.9 Å². The maximum Gasteiger partial charge on any atom is 0.513 e. The normalized spacial score (nSPS) is 10.0. The van der Waals surface area contributed by atoms with Crippen molar-refractivity contribution < 1.29 is 23.9 Å². The van der Waals surface area contributed by atoms with E-state index < -0.39 is 6.16 Å².